The first kappa shape index (κ1) is 25.8. The van der Waals surface area contributed by atoms with Crippen LogP contribution in [0.15, 0.2) is 66.0 Å². The van der Waals surface area contributed by atoms with Gasteiger partial charge in [0, 0.05) is 38.5 Å². The number of benzene rings is 2. The highest BCUT2D eigenvalue weighted by atomic mass is 32.1. The van der Waals surface area contributed by atoms with Crippen molar-refractivity contribution < 1.29 is 14.4 Å². The van der Waals surface area contributed by atoms with Crippen molar-refractivity contribution in [3.05, 3.63) is 82.0 Å². The summed E-state index contributed by atoms with van der Waals surface area (Å²) in [6.07, 6.45) is 2.15. The lowest BCUT2D eigenvalue weighted by atomic mass is 9.85. The average Bonchev–Trinajstić information content (AvgIpc) is 3.53. The molecule has 2 aromatic carbocycles. The van der Waals surface area contributed by atoms with Crippen LogP contribution in [0.3, 0.4) is 0 Å². The summed E-state index contributed by atoms with van der Waals surface area (Å²) in [6.45, 7) is 3.55. The highest BCUT2D eigenvalue weighted by molar-refractivity contribution is 7.12. The van der Waals surface area contributed by atoms with Crippen LogP contribution in [-0.2, 0) is 9.59 Å². The first-order chi connectivity index (χ1) is 19.1. The third-order valence-corrected chi connectivity index (χ3v) is 9.26. The molecule has 0 spiro atoms. The highest BCUT2D eigenvalue weighted by Crippen LogP contribution is 2.46. The van der Waals surface area contributed by atoms with E-state index >= 15 is 0 Å². The van der Waals surface area contributed by atoms with Gasteiger partial charge in [-0.1, -0.05) is 54.6 Å². The number of carbonyl (C=O) groups excluding carboxylic acids is 3. The van der Waals surface area contributed by atoms with Gasteiger partial charge in [0.25, 0.3) is 5.91 Å². The first-order valence-electron chi connectivity index (χ1n) is 13.9. The third-order valence-electron chi connectivity index (χ3n) is 8.40. The van der Waals surface area contributed by atoms with Gasteiger partial charge in [-0.3, -0.25) is 14.4 Å². The minimum Gasteiger partial charge on any atom is -0.342 e. The third kappa shape index (κ3) is 4.99. The van der Waals surface area contributed by atoms with Crippen molar-refractivity contribution in [1.82, 2.24) is 20.4 Å². The zero-order valence-corrected chi connectivity index (χ0v) is 22.8. The van der Waals surface area contributed by atoms with Crippen molar-refractivity contribution in [1.29, 1.82) is 0 Å². The molecule has 1 aromatic heterocycles. The Morgan fingerprint density at radius 1 is 0.846 bits per heavy atom. The lowest BCUT2D eigenvalue weighted by molar-refractivity contribution is -0.143. The van der Waals surface area contributed by atoms with Gasteiger partial charge in [0.05, 0.1) is 4.88 Å². The van der Waals surface area contributed by atoms with Gasteiger partial charge in [-0.2, -0.15) is 0 Å². The van der Waals surface area contributed by atoms with Crippen LogP contribution in [0.2, 0.25) is 0 Å². The van der Waals surface area contributed by atoms with Crippen molar-refractivity contribution in [3.63, 3.8) is 0 Å². The molecule has 0 atom stereocenters. The van der Waals surface area contributed by atoms with Gasteiger partial charge in [-0.05, 0) is 66.1 Å². The van der Waals surface area contributed by atoms with Gasteiger partial charge in [-0.25, -0.2) is 0 Å². The molecular weight excluding hydrogens is 508 g/mol. The smallest absolute Gasteiger partial charge is 0.263 e. The summed E-state index contributed by atoms with van der Waals surface area (Å²) in [5, 5.41) is 8.50. The molecule has 2 fully saturated rings. The number of hydrogen-bond donors (Lipinski definition) is 2. The fourth-order valence-electron chi connectivity index (χ4n) is 6.41. The second-order valence-electron chi connectivity index (χ2n) is 10.7. The molecule has 2 aliphatic heterocycles. The van der Waals surface area contributed by atoms with Crippen molar-refractivity contribution >= 4 is 29.1 Å². The largest absolute Gasteiger partial charge is 0.342 e. The topological polar surface area (TPSA) is 81.8 Å². The molecule has 3 heterocycles. The molecule has 0 unspecified atom stereocenters. The molecule has 3 aliphatic rings. The minimum absolute atomic E-state index is 0.0185. The Kier molecular flexibility index (Phi) is 7.23. The molecular formula is C31H34N4O3S. The Labute approximate surface area is 233 Å². The van der Waals surface area contributed by atoms with Crippen LogP contribution in [0.1, 0.15) is 52.4 Å². The maximum absolute atomic E-state index is 14.1. The zero-order valence-electron chi connectivity index (χ0n) is 22.0. The molecule has 2 N–H and O–H groups in total. The molecule has 0 saturated carbocycles. The summed E-state index contributed by atoms with van der Waals surface area (Å²) in [6, 6.07) is 20.3. The van der Waals surface area contributed by atoms with Crippen LogP contribution in [0, 0.1) is 0 Å². The van der Waals surface area contributed by atoms with Gasteiger partial charge in [0.2, 0.25) is 11.8 Å². The van der Waals surface area contributed by atoms with Gasteiger partial charge < -0.3 is 20.4 Å². The van der Waals surface area contributed by atoms with Gasteiger partial charge in [0.1, 0.15) is 5.54 Å². The number of amides is 3. The molecule has 3 aromatic rings. The summed E-state index contributed by atoms with van der Waals surface area (Å²) in [5.74, 6) is -0.108. The quantitative estimate of drug-likeness (QED) is 0.513. The van der Waals surface area contributed by atoms with E-state index in [4.69, 9.17) is 0 Å². The number of rotatable bonds is 5. The van der Waals surface area contributed by atoms with E-state index in [-0.39, 0.29) is 23.6 Å². The number of piperidine rings is 1. The molecule has 6 rings (SSSR count). The molecule has 202 valence electrons. The number of hydrogen-bond acceptors (Lipinski definition) is 5. The SMILES string of the molecule is O=C(CC1c2ccccc2-c2ccccc21)NC1(C(=O)N2CCCN(C(=O)c3cccs3)CC2)CCNCC1. The minimum atomic E-state index is -0.924. The van der Waals surface area contributed by atoms with E-state index in [2.05, 4.69) is 34.9 Å². The van der Waals surface area contributed by atoms with Crippen LogP contribution in [-0.4, -0.2) is 72.3 Å². The summed E-state index contributed by atoms with van der Waals surface area (Å²) >= 11 is 1.45. The molecule has 0 radical (unpaired) electrons. The fraction of sp³-hybridized carbons (Fsp3) is 0.387. The average molecular weight is 543 g/mol. The molecule has 7 nitrogen and oxygen atoms in total. The second kappa shape index (κ2) is 10.9. The predicted molar refractivity (Wildman–Crippen MR) is 153 cm³/mol. The van der Waals surface area contributed by atoms with Crippen molar-refractivity contribution in [2.45, 2.75) is 37.1 Å². The van der Waals surface area contributed by atoms with Crippen LogP contribution >= 0.6 is 11.3 Å². The van der Waals surface area contributed by atoms with Crippen LogP contribution in [0.25, 0.3) is 11.1 Å². The number of fused-ring (bicyclic) bond motifs is 3. The van der Waals surface area contributed by atoms with Gasteiger partial charge >= 0.3 is 0 Å². The van der Waals surface area contributed by atoms with E-state index in [1.165, 1.54) is 33.6 Å². The predicted octanol–water partition coefficient (Wildman–Crippen LogP) is 3.86. The monoisotopic (exact) mass is 542 g/mol. The summed E-state index contributed by atoms with van der Waals surface area (Å²) < 4.78 is 0. The Morgan fingerprint density at radius 2 is 1.49 bits per heavy atom. The van der Waals surface area contributed by atoms with E-state index in [1.807, 2.05) is 51.6 Å². The Balaban J connectivity index is 1.17. The first-order valence-corrected chi connectivity index (χ1v) is 14.8. The molecule has 3 amide bonds. The van der Waals surface area contributed by atoms with E-state index in [9.17, 15) is 14.4 Å². The zero-order chi connectivity index (χ0) is 26.8. The van der Waals surface area contributed by atoms with Crippen molar-refractivity contribution in [2.24, 2.45) is 0 Å². The molecule has 0 bridgehead atoms. The number of thiophene rings is 1. The summed E-state index contributed by atoms with van der Waals surface area (Å²) in [7, 11) is 0. The molecule has 2 saturated heterocycles. The lowest BCUT2D eigenvalue weighted by Crippen LogP contribution is -2.64. The lowest BCUT2D eigenvalue weighted by Gasteiger charge is -2.40. The van der Waals surface area contributed by atoms with E-state index in [1.54, 1.807) is 0 Å². The Bertz CT molecular complexity index is 1320. The molecule has 1 aliphatic carbocycles. The fourth-order valence-corrected chi connectivity index (χ4v) is 7.10. The number of carbonyl (C=O) groups is 3. The maximum Gasteiger partial charge on any atom is 0.263 e. The molecule has 8 heteroatoms. The van der Waals surface area contributed by atoms with E-state index in [0.29, 0.717) is 58.5 Å². The Hall–Kier alpha value is -3.49. The van der Waals surface area contributed by atoms with Crippen molar-refractivity contribution in [2.75, 3.05) is 39.3 Å². The molecule has 39 heavy (non-hydrogen) atoms. The number of nitrogens with zero attached hydrogens (tertiary/aromatic N) is 2. The maximum atomic E-state index is 14.1. The van der Waals surface area contributed by atoms with Crippen molar-refractivity contribution in [3.8, 4) is 11.1 Å². The van der Waals surface area contributed by atoms with E-state index < -0.39 is 5.54 Å². The van der Waals surface area contributed by atoms with Crippen LogP contribution < -0.4 is 10.6 Å². The number of nitrogens with one attached hydrogen (secondary N) is 2. The normalized spacial score (nSPS) is 18.7. The van der Waals surface area contributed by atoms with Crippen LogP contribution in [0.5, 0.6) is 0 Å². The van der Waals surface area contributed by atoms with Gasteiger partial charge in [-0.15, -0.1) is 11.3 Å². The second-order valence-corrected chi connectivity index (χ2v) is 11.7. The standard InChI is InChI=1S/C31H34N4O3S/c36-28(21-26-24-9-3-1-7-22(24)23-8-2-4-10-25(23)26)33-31(12-14-32-15-13-31)30(38)35-17-6-16-34(18-19-35)29(37)27-11-5-20-39-27/h1-5,7-11,20,26,32H,6,12-19,21H2,(H,33,36). The van der Waals surface area contributed by atoms with Gasteiger partial charge in [0.15, 0.2) is 0 Å². The van der Waals surface area contributed by atoms with Crippen LogP contribution in [0.4, 0.5) is 0 Å². The summed E-state index contributed by atoms with van der Waals surface area (Å²) in [5.41, 5.74) is 3.78. The summed E-state index contributed by atoms with van der Waals surface area (Å²) in [4.78, 5) is 45.1. The Morgan fingerprint density at radius 3 is 2.15 bits per heavy atom. The highest BCUT2D eigenvalue weighted by Gasteiger charge is 2.44. The van der Waals surface area contributed by atoms with E-state index in [0.717, 1.165) is 11.3 Å².